The van der Waals surface area contributed by atoms with Gasteiger partial charge in [-0.1, -0.05) is 19.1 Å². The van der Waals surface area contributed by atoms with Crippen molar-refractivity contribution in [1.82, 2.24) is 10.6 Å². The molecular weight excluding hydrogens is 264 g/mol. The molecule has 0 aliphatic heterocycles. The third kappa shape index (κ3) is 7.71. The van der Waals surface area contributed by atoms with E-state index in [1.54, 1.807) is 0 Å². The first-order valence-electron chi connectivity index (χ1n) is 7.56. The second-order valence-electron chi connectivity index (χ2n) is 6.41. The fourth-order valence-electron chi connectivity index (χ4n) is 1.64. The summed E-state index contributed by atoms with van der Waals surface area (Å²) in [5, 5.41) is 6.31. The van der Waals surface area contributed by atoms with Gasteiger partial charge in [-0.25, -0.2) is 0 Å². The molecule has 1 aromatic carbocycles. The van der Waals surface area contributed by atoms with Crippen LogP contribution >= 0.6 is 0 Å². The monoisotopic (exact) mass is 292 g/mol. The Hall–Kier alpha value is -1.55. The van der Waals surface area contributed by atoms with Gasteiger partial charge in [0, 0.05) is 18.1 Å². The molecule has 1 rings (SSSR count). The first-order chi connectivity index (χ1) is 9.80. The van der Waals surface area contributed by atoms with Crippen molar-refractivity contribution in [2.45, 2.75) is 59.2 Å². The van der Waals surface area contributed by atoms with Crippen LogP contribution in [0.1, 0.15) is 46.6 Å². The predicted octanol–water partition coefficient (Wildman–Crippen LogP) is 2.87. The molecule has 1 amide bonds. The third-order valence-electron chi connectivity index (χ3n) is 3.14. The standard InChI is InChI=1S/C17H28N2O2/c1-6-13(2)19-16(20)12-21-15-9-7-14(8-10-15)11-18-17(3,4)5/h7-10,13,18H,6,11-12H2,1-5H3,(H,19,20). The lowest BCUT2D eigenvalue weighted by Gasteiger charge is -2.20. The van der Waals surface area contributed by atoms with Gasteiger partial charge in [-0.2, -0.15) is 0 Å². The molecule has 4 nitrogen and oxygen atoms in total. The van der Waals surface area contributed by atoms with Crippen LogP contribution in [-0.4, -0.2) is 24.1 Å². The lowest BCUT2D eigenvalue weighted by atomic mass is 10.1. The summed E-state index contributed by atoms with van der Waals surface area (Å²) in [6, 6.07) is 8.01. The highest BCUT2D eigenvalue weighted by Crippen LogP contribution is 2.13. The van der Waals surface area contributed by atoms with Crippen LogP contribution in [0.25, 0.3) is 0 Å². The van der Waals surface area contributed by atoms with E-state index >= 15 is 0 Å². The molecule has 1 unspecified atom stereocenters. The van der Waals surface area contributed by atoms with E-state index in [-0.39, 0.29) is 24.1 Å². The summed E-state index contributed by atoms with van der Waals surface area (Å²) in [7, 11) is 0. The van der Waals surface area contributed by atoms with Crippen molar-refractivity contribution in [2.75, 3.05) is 6.61 Å². The highest BCUT2D eigenvalue weighted by atomic mass is 16.5. The first kappa shape index (κ1) is 17.5. The van der Waals surface area contributed by atoms with Gasteiger partial charge in [-0.15, -0.1) is 0 Å². The summed E-state index contributed by atoms with van der Waals surface area (Å²) in [5.41, 5.74) is 1.30. The molecule has 0 saturated heterocycles. The van der Waals surface area contributed by atoms with Gasteiger partial charge in [0.1, 0.15) is 5.75 Å². The molecule has 1 aromatic rings. The molecule has 0 aliphatic carbocycles. The van der Waals surface area contributed by atoms with E-state index in [1.807, 2.05) is 38.1 Å². The van der Waals surface area contributed by atoms with Gasteiger partial charge in [0.25, 0.3) is 5.91 Å². The lowest BCUT2D eigenvalue weighted by Crippen LogP contribution is -2.35. The molecule has 0 saturated carbocycles. The number of rotatable bonds is 7. The normalized spacial score (nSPS) is 12.8. The topological polar surface area (TPSA) is 50.4 Å². The van der Waals surface area contributed by atoms with Crippen LogP contribution in [0.15, 0.2) is 24.3 Å². The summed E-state index contributed by atoms with van der Waals surface area (Å²) in [6.45, 7) is 11.3. The maximum absolute atomic E-state index is 11.6. The molecule has 118 valence electrons. The highest BCUT2D eigenvalue weighted by Gasteiger charge is 2.09. The molecule has 1 atom stereocenters. The molecule has 0 heterocycles. The Balaban J connectivity index is 2.39. The van der Waals surface area contributed by atoms with Crippen LogP contribution in [0.3, 0.4) is 0 Å². The summed E-state index contributed by atoms with van der Waals surface area (Å²) < 4.78 is 5.48. The van der Waals surface area contributed by atoms with Crippen molar-refractivity contribution in [3.8, 4) is 5.75 Å². The van der Waals surface area contributed by atoms with Crippen LogP contribution in [0, 0.1) is 0 Å². The molecule has 21 heavy (non-hydrogen) atoms. The van der Waals surface area contributed by atoms with Crippen molar-refractivity contribution in [1.29, 1.82) is 0 Å². The van der Waals surface area contributed by atoms with Crippen molar-refractivity contribution in [3.63, 3.8) is 0 Å². The summed E-state index contributed by atoms with van der Waals surface area (Å²) in [6.07, 6.45) is 0.918. The van der Waals surface area contributed by atoms with E-state index in [2.05, 4.69) is 31.4 Å². The van der Waals surface area contributed by atoms with E-state index in [0.717, 1.165) is 13.0 Å². The summed E-state index contributed by atoms with van der Waals surface area (Å²) >= 11 is 0. The van der Waals surface area contributed by atoms with Gasteiger partial charge >= 0.3 is 0 Å². The fourth-order valence-corrected chi connectivity index (χ4v) is 1.64. The minimum absolute atomic E-state index is 0.0595. The van der Waals surface area contributed by atoms with Crippen LogP contribution in [0.5, 0.6) is 5.75 Å². The minimum Gasteiger partial charge on any atom is -0.484 e. The number of carbonyl (C=O) groups excluding carboxylic acids is 1. The van der Waals surface area contributed by atoms with E-state index in [0.29, 0.717) is 5.75 Å². The number of ether oxygens (including phenoxy) is 1. The molecule has 0 spiro atoms. The Kier molecular flexibility index (Phi) is 6.69. The quantitative estimate of drug-likeness (QED) is 0.812. The van der Waals surface area contributed by atoms with Gasteiger partial charge in [-0.05, 0) is 51.8 Å². The number of hydrogen-bond acceptors (Lipinski definition) is 3. The zero-order chi connectivity index (χ0) is 15.9. The van der Waals surface area contributed by atoms with E-state index in [4.69, 9.17) is 4.74 Å². The molecule has 4 heteroatoms. The molecule has 0 bridgehead atoms. The second-order valence-corrected chi connectivity index (χ2v) is 6.41. The number of hydrogen-bond donors (Lipinski definition) is 2. The Morgan fingerprint density at radius 2 is 1.86 bits per heavy atom. The van der Waals surface area contributed by atoms with Crippen molar-refractivity contribution >= 4 is 5.91 Å². The maximum Gasteiger partial charge on any atom is 0.258 e. The maximum atomic E-state index is 11.6. The third-order valence-corrected chi connectivity index (χ3v) is 3.14. The smallest absolute Gasteiger partial charge is 0.258 e. The number of nitrogens with one attached hydrogen (secondary N) is 2. The summed E-state index contributed by atoms with van der Waals surface area (Å²) in [4.78, 5) is 11.6. The first-order valence-corrected chi connectivity index (χ1v) is 7.56. The van der Waals surface area contributed by atoms with Crippen molar-refractivity contribution in [3.05, 3.63) is 29.8 Å². The Morgan fingerprint density at radius 3 is 2.38 bits per heavy atom. The molecule has 0 aliphatic rings. The Labute approximate surface area is 128 Å². The summed E-state index contributed by atoms with van der Waals surface area (Å²) in [5.74, 6) is 0.636. The van der Waals surface area contributed by atoms with Gasteiger partial charge in [-0.3, -0.25) is 4.79 Å². The zero-order valence-corrected chi connectivity index (χ0v) is 13.8. The van der Waals surface area contributed by atoms with Crippen molar-refractivity contribution in [2.24, 2.45) is 0 Å². The SMILES string of the molecule is CCC(C)NC(=O)COc1ccc(CNC(C)(C)C)cc1. The van der Waals surface area contributed by atoms with Gasteiger partial charge < -0.3 is 15.4 Å². The molecule has 2 N–H and O–H groups in total. The average molecular weight is 292 g/mol. The van der Waals surface area contributed by atoms with Crippen molar-refractivity contribution < 1.29 is 9.53 Å². The lowest BCUT2D eigenvalue weighted by molar-refractivity contribution is -0.123. The zero-order valence-electron chi connectivity index (χ0n) is 13.8. The average Bonchev–Trinajstić information content (AvgIpc) is 2.43. The van der Waals surface area contributed by atoms with Crippen LogP contribution in [0.4, 0.5) is 0 Å². The molecular formula is C17H28N2O2. The van der Waals surface area contributed by atoms with E-state index < -0.39 is 0 Å². The highest BCUT2D eigenvalue weighted by molar-refractivity contribution is 5.77. The molecule has 0 fully saturated rings. The molecule has 0 aromatic heterocycles. The number of amides is 1. The Bertz CT molecular complexity index is 435. The van der Waals surface area contributed by atoms with Gasteiger partial charge in [0.2, 0.25) is 0 Å². The molecule has 0 radical (unpaired) electrons. The van der Waals surface area contributed by atoms with E-state index in [9.17, 15) is 4.79 Å². The van der Waals surface area contributed by atoms with Gasteiger partial charge in [0.15, 0.2) is 6.61 Å². The Morgan fingerprint density at radius 1 is 1.24 bits per heavy atom. The van der Waals surface area contributed by atoms with E-state index in [1.165, 1.54) is 5.56 Å². The van der Waals surface area contributed by atoms with Gasteiger partial charge in [0.05, 0.1) is 0 Å². The number of carbonyl (C=O) groups is 1. The second kappa shape index (κ2) is 8.03. The number of benzene rings is 1. The largest absolute Gasteiger partial charge is 0.484 e. The fraction of sp³-hybridized carbons (Fsp3) is 0.588. The predicted molar refractivity (Wildman–Crippen MR) is 86.4 cm³/mol. The minimum atomic E-state index is -0.0807. The van der Waals surface area contributed by atoms with Crippen LogP contribution < -0.4 is 15.4 Å². The van der Waals surface area contributed by atoms with Crippen LogP contribution in [-0.2, 0) is 11.3 Å². The van der Waals surface area contributed by atoms with Crippen LogP contribution in [0.2, 0.25) is 0 Å².